The van der Waals surface area contributed by atoms with E-state index in [1.165, 1.54) is 10.5 Å². The highest BCUT2D eigenvalue weighted by atomic mass is 32.2. The van der Waals surface area contributed by atoms with Crippen molar-refractivity contribution in [2.75, 3.05) is 6.54 Å². The van der Waals surface area contributed by atoms with Gasteiger partial charge in [-0.1, -0.05) is 0 Å². The van der Waals surface area contributed by atoms with E-state index >= 15 is 0 Å². The van der Waals surface area contributed by atoms with Gasteiger partial charge in [0.05, 0.1) is 4.90 Å². The van der Waals surface area contributed by atoms with Crippen LogP contribution in [0.25, 0.3) is 0 Å². The predicted molar refractivity (Wildman–Crippen MR) is 61.4 cm³/mol. The fourth-order valence-electron chi connectivity index (χ4n) is 2.29. The van der Waals surface area contributed by atoms with Gasteiger partial charge >= 0.3 is 0 Å². The summed E-state index contributed by atoms with van der Waals surface area (Å²) in [5, 5.41) is 0. The molecule has 2 heterocycles. The lowest BCUT2D eigenvalue weighted by molar-refractivity contribution is 0.292. The molecule has 1 aliphatic heterocycles. The van der Waals surface area contributed by atoms with Crippen LogP contribution in [0.1, 0.15) is 20.3 Å². The highest BCUT2D eigenvalue weighted by Crippen LogP contribution is 2.33. The third kappa shape index (κ3) is 1.77. The smallest absolute Gasteiger partial charge is 0.245 e. The standard InChI is InChI=1S/C10H17N3O2S/c1-10(2)5-8(11)7-13(10)16(14,15)9-3-4-12-6-9/h3-4,6,8,12H,5,7,11H2,1-2H3. The highest BCUT2D eigenvalue weighted by molar-refractivity contribution is 7.89. The molecule has 2 rings (SSSR count). The lowest BCUT2D eigenvalue weighted by Crippen LogP contribution is -2.42. The summed E-state index contributed by atoms with van der Waals surface area (Å²) >= 11 is 0. The van der Waals surface area contributed by atoms with Gasteiger partial charge in [-0.2, -0.15) is 4.31 Å². The highest BCUT2D eigenvalue weighted by Gasteiger charge is 2.44. The molecule has 90 valence electrons. The Morgan fingerprint density at radius 2 is 2.25 bits per heavy atom. The number of nitrogens with one attached hydrogen (secondary N) is 1. The van der Waals surface area contributed by atoms with Gasteiger partial charge in [0.1, 0.15) is 0 Å². The molecule has 0 aromatic carbocycles. The number of hydrogen-bond acceptors (Lipinski definition) is 3. The van der Waals surface area contributed by atoms with Crippen LogP contribution in [0.4, 0.5) is 0 Å². The summed E-state index contributed by atoms with van der Waals surface area (Å²) in [7, 11) is -3.41. The second kappa shape index (κ2) is 3.58. The Kier molecular flexibility index (Phi) is 2.60. The number of aromatic nitrogens is 1. The van der Waals surface area contributed by atoms with Crippen LogP contribution in [0.5, 0.6) is 0 Å². The normalized spacial score (nSPS) is 26.1. The molecule has 0 spiro atoms. The quantitative estimate of drug-likeness (QED) is 0.794. The van der Waals surface area contributed by atoms with Crippen molar-refractivity contribution >= 4 is 10.0 Å². The molecule has 0 amide bonds. The van der Waals surface area contributed by atoms with Crippen LogP contribution in [0.3, 0.4) is 0 Å². The summed E-state index contributed by atoms with van der Waals surface area (Å²) < 4.78 is 26.1. The molecule has 0 saturated carbocycles. The fraction of sp³-hybridized carbons (Fsp3) is 0.600. The molecule has 0 radical (unpaired) electrons. The molecular formula is C10H17N3O2S. The zero-order chi connectivity index (χ0) is 12.0. The maximum atomic E-state index is 12.3. The Balaban J connectivity index is 2.39. The van der Waals surface area contributed by atoms with Crippen LogP contribution in [0.2, 0.25) is 0 Å². The van der Waals surface area contributed by atoms with E-state index in [-0.39, 0.29) is 6.04 Å². The molecule has 6 heteroatoms. The maximum absolute atomic E-state index is 12.3. The molecule has 16 heavy (non-hydrogen) atoms. The van der Waals surface area contributed by atoms with Gasteiger partial charge in [0, 0.05) is 30.5 Å². The molecule has 1 aromatic heterocycles. The topological polar surface area (TPSA) is 79.2 Å². The minimum absolute atomic E-state index is 0.0799. The van der Waals surface area contributed by atoms with E-state index < -0.39 is 15.6 Å². The lowest BCUT2D eigenvalue weighted by Gasteiger charge is -2.29. The molecule has 1 fully saturated rings. The largest absolute Gasteiger partial charge is 0.366 e. The minimum atomic E-state index is -3.41. The van der Waals surface area contributed by atoms with Crippen LogP contribution in [0.15, 0.2) is 23.4 Å². The van der Waals surface area contributed by atoms with Crippen LogP contribution in [-0.4, -0.2) is 35.8 Å². The number of nitrogens with zero attached hydrogens (tertiary/aromatic N) is 1. The van der Waals surface area contributed by atoms with Crippen molar-refractivity contribution in [3.05, 3.63) is 18.5 Å². The average Bonchev–Trinajstić information content (AvgIpc) is 2.72. The van der Waals surface area contributed by atoms with Gasteiger partial charge in [-0.05, 0) is 26.3 Å². The molecule has 1 aromatic rings. The van der Waals surface area contributed by atoms with Gasteiger partial charge in [0.15, 0.2) is 0 Å². The number of H-pyrrole nitrogens is 1. The summed E-state index contributed by atoms with van der Waals surface area (Å²) in [4.78, 5) is 3.06. The first-order valence-electron chi connectivity index (χ1n) is 5.25. The Bertz CT molecular complexity index is 464. The predicted octanol–water partition coefficient (Wildman–Crippen LogP) is 0.515. The van der Waals surface area contributed by atoms with E-state index in [2.05, 4.69) is 4.98 Å². The van der Waals surface area contributed by atoms with Crippen LogP contribution >= 0.6 is 0 Å². The number of sulfonamides is 1. The van der Waals surface area contributed by atoms with Crippen molar-refractivity contribution in [1.29, 1.82) is 0 Å². The number of hydrogen-bond donors (Lipinski definition) is 2. The first-order valence-corrected chi connectivity index (χ1v) is 6.69. The number of rotatable bonds is 2. The number of aromatic amines is 1. The fourth-order valence-corrected chi connectivity index (χ4v) is 4.11. The van der Waals surface area contributed by atoms with Crippen molar-refractivity contribution in [2.24, 2.45) is 5.73 Å². The Hall–Kier alpha value is -0.850. The van der Waals surface area contributed by atoms with Crippen molar-refractivity contribution in [3.63, 3.8) is 0 Å². The molecule has 3 N–H and O–H groups in total. The first-order chi connectivity index (χ1) is 7.34. The monoisotopic (exact) mass is 243 g/mol. The Labute approximate surface area is 95.7 Å². The van der Waals surface area contributed by atoms with Gasteiger partial charge in [0.2, 0.25) is 10.0 Å². The van der Waals surface area contributed by atoms with Gasteiger partial charge in [-0.15, -0.1) is 0 Å². The third-order valence-corrected chi connectivity index (χ3v) is 5.07. The molecule has 1 aliphatic rings. The van der Waals surface area contributed by atoms with E-state index in [9.17, 15) is 8.42 Å². The van der Waals surface area contributed by atoms with Crippen LogP contribution in [0, 0.1) is 0 Å². The van der Waals surface area contributed by atoms with Gasteiger partial charge in [0.25, 0.3) is 0 Å². The second-order valence-electron chi connectivity index (χ2n) is 4.86. The molecule has 0 aliphatic carbocycles. The molecule has 1 unspecified atom stereocenters. The summed E-state index contributed by atoms with van der Waals surface area (Å²) in [6, 6.07) is 1.48. The Morgan fingerprint density at radius 1 is 1.56 bits per heavy atom. The van der Waals surface area contributed by atoms with Gasteiger partial charge in [-0.3, -0.25) is 0 Å². The molecule has 0 bridgehead atoms. The lowest BCUT2D eigenvalue weighted by atomic mass is 10.0. The summed E-state index contributed by atoms with van der Waals surface area (Å²) in [6.45, 7) is 4.20. The zero-order valence-corrected chi connectivity index (χ0v) is 10.3. The van der Waals surface area contributed by atoms with Crippen molar-refractivity contribution < 1.29 is 8.42 Å². The second-order valence-corrected chi connectivity index (χ2v) is 6.72. The third-order valence-electron chi connectivity index (χ3n) is 2.99. The summed E-state index contributed by atoms with van der Waals surface area (Å²) in [5.41, 5.74) is 5.43. The van der Waals surface area contributed by atoms with Crippen LogP contribution < -0.4 is 5.73 Å². The molecular weight excluding hydrogens is 226 g/mol. The van der Waals surface area contributed by atoms with Crippen LogP contribution in [-0.2, 0) is 10.0 Å². The molecule has 1 saturated heterocycles. The van der Waals surface area contributed by atoms with Crippen molar-refractivity contribution in [1.82, 2.24) is 9.29 Å². The van der Waals surface area contributed by atoms with Crippen molar-refractivity contribution in [3.8, 4) is 0 Å². The maximum Gasteiger partial charge on any atom is 0.245 e. The van der Waals surface area contributed by atoms with E-state index in [1.807, 2.05) is 13.8 Å². The van der Waals surface area contributed by atoms with E-state index in [1.54, 1.807) is 12.3 Å². The SMILES string of the molecule is CC1(C)CC(N)CN1S(=O)(=O)c1cc[nH]c1. The average molecular weight is 243 g/mol. The summed E-state index contributed by atoms with van der Waals surface area (Å²) in [6.07, 6.45) is 3.79. The van der Waals surface area contributed by atoms with Crippen molar-refractivity contribution in [2.45, 2.75) is 36.7 Å². The summed E-state index contributed by atoms with van der Waals surface area (Å²) in [5.74, 6) is 0. The minimum Gasteiger partial charge on any atom is -0.366 e. The Morgan fingerprint density at radius 3 is 2.69 bits per heavy atom. The van der Waals surface area contributed by atoms with E-state index in [0.29, 0.717) is 17.9 Å². The van der Waals surface area contributed by atoms with E-state index in [0.717, 1.165) is 0 Å². The van der Waals surface area contributed by atoms with E-state index in [4.69, 9.17) is 5.73 Å². The molecule has 5 nitrogen and oxygen atoms in total. The first kappa shape index (κ1) is 11.6. The van der Waals surface area contributed by atoms with Gasteiger partial charge in [-0.25, -0.2) is 8.42 Å². The van der Waals surface area contributed by atoms with Gasteiger partial charge < -0.3 is 10.7 Å². The molecule has 1 atom stereocenters. The zero-order valence-electron chi connectivity index (χ0n) is 9.47. The number of nitrogens with two attached hydrogens (primary N) is 1.